The van der Waals surface area contributed by atoms with Crippen molar-refractivity contribution in [2.75, 3.05) is 40.1 Å². The molecule has 0 radical (unpaired) electrons. The molecule has 27 heavy (non-hydrogen) atoms. The predicted octanol–water partition coefficient (Wildman–Crippen LogP) is 2.61. The molecule has 0 aliphatic carbocycles. The van der Waals surface area contributed by atoms with Crippen LogP contribution in [0.2, 0.25) is 0 Å². The maximum absolute atomic E-state index is 10.2. The van der Waals surface area contributed by atoms with Crippen LogP contribution in [0.1, 0.15) is 11.1 Å². The molecule has 3 rings (SSSR count). The first-order valence-corrected chi connectivity index (χ1v) is 9.12. The van der Waals surface area contributed by atoms with Crippen molar-refractivity contribution < 1.29 is 24.1 Å². The summed E-state index contributed by atoms with van der Waals surface area (Å²) in [5, 5.41) is 10.2. The minimum absolute atomic E-state index is 0.262. The average molecular weight is 373 g/mol. The Labute approximate surface area is 160 Å². The van der Waals surface area contributed by atoms with Crippen LogP contribution in [0.3, 0.4) is 0 Å². The molecule has 1 unspecified atom stereocenters. The zero-order valence-electron chi connectivity index (χ0n) is 15.9. The van der Waals surface area contributed by atoms with E-state index in [9.17, 15) is 5.11 Å². The summed E-state index contributed by atoms with van der Waals surface area (Å²) >= 11 is 0. The number of nitrogens with zero attached hydrogens (tertiary/aromatic N) is 1. The number of likely N-dealkylation sites (N-methyl/N-ethyl adjacent to an activating group) is 1. The zero-order valence-corrected chi connectivity index (χ0v) is 15.9. The molecule has 146 valence electrons. The van der Waals surface area contributed by atoms with E-state index in [1.54, 1.807) is 0 Å². The fourth-order valence-electron chi connectivity index (χ4n) is 2.87. The molecule has 0 amide bonds. The quantitative estimate of drug-likeness (QED) is 0.691. The van der Waals surface area contributed by atoms with E-state index in [1.807, 2.05) is 61.3 Å². The summed E-state index contributed by atoms with van der Waals surface area (Å²) in [5.41, 5.74) is 2.17. The molecular formula is C21H27NO5. The van der Waals surface area contributed by atoms with Gasteiger partial charge in [-0.3, -0.25) is 0 Å². The number of hydrogen-bond acceptors (Lipinski definition) is 6. The van der Waals surface area contributed by atoms with Gasteiger partial charge in [-0.25, -0.2) is 0 Å². The molecule has 0 saturated heterocycles. The summed E-state index contributed by atoms with van der Waals surface area (Å²) in [5.74, 6) is 2.37. The van der Waals surface area contributed by atoms with Gasteiger partial charge in [0, 0.05) is 13.1 Å². The first-order chi connectivity index (χ1) is 13.1. The van der Waals surface area contributed by atoms with E-state index in [-0.39, 0.29) is 13.4 Å². The Morgan fingerprint density at radius 2 is 2.00 bits per heavy atom. The highest BCUT2D eigenvalue weighted by Crippen LogP contribution is 2.32. The molecule has 6 heteroatoms. The molecular weight excluding hydrogens is 346 g/mol. The SMILES string of the molecule is Cc1cccc(OCCN(C)CC(O)COCc2ccc3c(c2)OCO3)c1. The van der Waals surface area contributed by atoms with Crippen LogP contribution in [0.25, 0.3) is 0 Å². The van der Waals surface area contributed by atoms with Gasteiger partial charge < -0.3 is 29.0 Å². The summed E-state index contributed by atoms with van der Waals surface area (Å²) in [7, 11) is 1.96. The van der Waals surface area contributed by atoms with E-state index < -0.39 is 6.10 Å². The molecule has 1 atom stereocenters. The van der Waals surface area contributed by atoms with Crippen molar-refractivity contribution in [3.63, 3.8) is 0 Å². The van der Waals surface area contributed by atoms with E-state index in [2.05, 4.69) is 0 Å². The molecule has 0 aromatic heterocycles. The zero-order chi connectivity index (χ0) is 19.1. The standard InChI is InChI=1S/C21H27NO5/c1-16-4-3-5-19(10-16)25-9-8-22(2)12-18(23)14-24-13-17-6-7-20-21(11-17)27-15-26-20/h3-7,10-11,18,23H,8-9,12-15H2,1-2H3. The highest BCUT2D eigenvalue weighted by atomic mass is 16.7. The largest absolute Gasteiger partial charge is 0.492 e. The average Bonchev–Trinajstić information content (AvgIpc) is 3.09. The molecule has 2 aromatic rings. The minimum atomic E-state index is -0.553. The van der Waals surface area contributed by atoms with Gasteiger partial charge in [0.2, 0.25) is 6.79 Å². The number of aryl methyl sites for hydroxylation is 1. The Hall–Kier alpha value is -2.28. The molecule has 1 heterocycles. The highest BCUT2D eigenvalue weighted by molar-refractivity contribution is 5.44. The van der Waals surface area contributed by atoms with Gasteiger partial charge in [0.15, 0.2) is 11.5 Å². The fourth-order valence-corrected chi connectivity index (χ4v) is 2.87. The summed E-state index contributed by atoms with van der Waals surface area (Å²) < 4.78 is 22.0. The molecule has 1 N–H and O–H groups in total. The van der Waals surface area contributed by atoms with Gasteiger partial charge in [0.25, 0.3) is 0 Å². The van der Waals surface area contributed by atoms with Gasteiger partial charge in [0.1, 0.15) is 12.4 Å². The second-order valence-corrected chi connectivity index (χ2v) is 6.78. The Morgan fingerprint density at radius 3 is 2.85 bits per heavy atom. The molecule has 0 saturated carbocycles. The van der Waals surface area contributed by atoms with Crippen LogP contribution in [0.5, 0.6) is 17.2 Å². The van der Waals surface area contributed by atoms with Crippen molar-refractivity contribution in [3.8, 4) is 17.2 Å². The summed E-state index contributed by atoms with van der Waals surface area (Å²) in [6.45, 7) is 4.83. The van der Waals surface area contributed by atoms with Gasteiger partial charge >= 0.3 is 0 Å². The number of aliphatic hydroxyl groups is 1. The van der Waals surface area contributed by atoms with Crippen molar-refractivity contribution in [2.45, 2.75) is 19.6 Å². The smallest absolute Gasteiger partial charge is 0.231 e. The Balaban J connectivity index is 1.31. The van der Waals surface area contributed by atoms with Gasteiger partial charge in [-0.1, -0.05) is 18.2 Å². The number of benzene rings is 2. The van der Waals surface area contributed by atoms with E-state index in [0.717, 1.165) is 29.4 Å². The normalized spacial score (nSPS) is 13.8. The molecule has 1 aliphatic rings. The summed E-state index contributed by atoms with van der Waals surface area (Å²) in [4.78, 5) is 2.03. The van der Waals surface area contributed by atoms with E-state index in [1.165, 1.54) is 5.56 Å². The monoisotopic (exact) mass is 373 g/mol. The molecule has 6 nitrogen and oxygen atoms in total. The van der Waals surface area contributed by atoms with Crippen molar-refractivity contribution in [1.82, 2.24) is 4.90 Å². The Kier molecular flexibility index (Phi) is 6.92. The lowest BCUT2D eigenvalue weighted by atomic mass is 10.2. The van der Waals surface area contributed by atoms with Crippen LogP contribution in [-0.2, 0) is 11.3 Å². The van der Waals surface area contributed by atoms with E-state index in [4.69, 9.17) is 18.9 Å². The van der Waals surface area contributed by atoms with Crippen LogP contribution in [-0.4, -0.2) is 56.3 Å². The Morgan fingerprint density at radius 1 is 1.15 bits per heavy atom. The van der Waals surface area contributed by atoms with Gasteiger partial charge in [-0.15, -0.1) is 0 Å². The van der Waals surface area contributed by atoms with Crippen molar-refractivity contribution in [3.05, 3.63) is 53.6 Å². The number of hydrogen-bond donors (Lipinski definition) is 1. The third kappa shape index (κ3) is 6.13. The predicted molar refractivity (Wildman–Crippen MR) is 102 cm³/mol. The second kappa shape index (κ2) is 9.60. The van der Waals surface area contributed by atoms with Crippen LogP contribution in [0.15, 0.2) is 42.5 Å². The number of fused-ring (bicyclic) bond motifs is 1. The third-order valence-electron chi connectivity index (χ3n) is 4.27. The molecule has 0 bridgehead atoms. The first kappa shape index (κ1) is 19.5. The van der Waals surface area contributed by atoms with Crippen molar-refractivity contribution in [1.29, 1.82) is 0 Å². The second-order valence-electron chi connectivity index (χ2n) is 6.78. The first-order valence-electron chi connectivity index (χ1n) is 9.12. The van der Waals surface area contributed by atoms with Crippen LogP contribution in [0.4, 0.5) is 0 Å². The molecule has 1 aliphatic heterocycles. The van der Waals surface area contributed by atoms with Crippen LogP contribution < -0.4 is 14.2 Å². The topological polar surface area (TPSA) is 60.4 Å². The fraction of sp³-hybridized carbons (Fsp3) is 0.429. The molecule has 0 spiro atoms. The van der Waals surface area contributed by atoms with Crippen molar-refractivity contribution in [2.24, 2.45) is 0 Å². The summed E-state index contributed by atoms with van der Waals surface area (Å²) in [6.07, 6.45) is -0.553. The number of rotatable bonds is 10. The van der Waals surface area contributed by atoms with E-state index >= 15 is 0 Å². The molecule has 2 aromatic carbocycles. The van der Waals surface area contributed by atoms with Crippen LogP contribution >= 0.6 is 0 Å². The highest BCUT2D eigenvalue weighted by Gasteiger charge is 2.14. The van der Waals surface area contributed by atoms with Crippen molar-refractivity contribution >= 4 is 0 Å². The lowest BCUT2D eigenvalue weighted by Crippen LogP contribution is -2.34. The lowest BCUT2D eigenvalue weighted by Gasteiger charge is -2.20. The maximum Gasteiger partial charge on any atom is 0.231 e. The summed E-state index contributed by atoms with van der Waals surface area (Å²) in [6, 6.07) is 13.7. The minimum Gasteiger partial charge on any atom is -0.492 e. The number of ether oxygens (including phenoxy) is 4. The van der Waals surface area contributed by atoms with Crippen LogP contribution in [0, 0.1) is 6.92 Å². The maximum atomic E-state index is 10.2. The third-order valence-corrected chi connectivity index (χ3v) is 4.27. The molecule has 0 fully saturated rings. The number of aliphatic hydroxyl groups excluding tert-OH is 1. The van der Waals surface area contributed by atoms with Gasteiger partial charge in [-0.2, -0.15) is 0 Å². The lowest BCUT2D eigenvalue weighted by molar-refractivity contribution is 0.0123. The van der Waals surface area contributed by atoms with Gasteiger partial charge in [0.05, 0.1) is 19.3 Å². The van der Waals surface area contributed by atoms with Gasteiger partial charge in [-0.05, 0) is 49.4 Å². The Bertz CT molecular complexity index is 736. The van der Waals surface area contributed by atoms with E-state index in [0.29, 0.717) is 19.8 Å².